The van der Waals surface area contributed by atoms with Gasteiger partial charge in [0.1, 0.15) is 19.3 Å². The van der Waals surface area contributed by atoms with Crippen LogP contribution >= 0.6 is 0 Å². The van der Waals surface area contributed by atoms with Crippen molar-refractivity contribution < 1.29 is 19.2 Å². The molecule has 150 valence electrons. The number of esters is 1. The maximum absolute atomic E-state index is 13.0. The topological polar surface area (TPSA) is 59.1 Å². The molecule has 2 amide bonds. The highest BCUT2D eigenvalue weighted by Gasteiger charge is 2.60. The summed E-state index contributed by atoms with van der Waals surface area (Å²) in [6, 6.07) is 18.7. The molecule has 2 aliphatic heterocycles. The first kappa shape index (κ1) is 18.2. The highest BCUT2D eigenvalue weighted by atomic mass is 16.7. The molecular formula is C23H24N2O4. The van der Waals surface area contributed by atoms with Gasteiger partial charge < -0.3 is 9.64 Å². The Balaban J connectivity index is 1.28. The fraction of sp³-hybridized carbons (Fsp3) is 0.391. The molecule has 3 aliphatic rings. The van der Waals surface area contributed by atoms with Crippen LogP contribution in [0.4, 0.5) is 4.79 Å². The maximum atomic E-state index is 13.0. The Morgan fingerprint density at radius 1 is 0.897 bits per heavy atom. The van der Waals surface area contributed by atoms with Gasteiger partial charge >= 0.3 is 12.0 Å². The number of fused-ring (bicyclic) bond motifs is 4. The van der Waals surface area contributed by atoms with E-state index in [-0.39, 0.29) is 30.6 Å². The molecule has 0 aromatic heterocycles. The van der Waals surface area contributed by atoms with E-state index in [0.717, 1.165) is 24.0 Å². The van der Waals surface area contributed by atoms with Gasteiger partial charge in [0.05, 0.1) is 6.04 Å². The lowest BCUT2D eigenvalue weighted by Crippen LogP contribution is -2.58. The zero-order chi connectivity index (χ0) is 19.8. The van der Waals surface area contributed by atoms with Crippen LogP contribution in [-0.4, -0.2) is 40.6 Å². The monoisotopic (exact) mass is 392 g/mol. The van der Waals surface area contributed by atoms with Gasteiger partial charge in [-0.25, -0.2) is 9.59 Å². The molecule has 2 aromatic carbocycles. The van der Waals surface area contributed by atoms with Crippen LogP contribution in [0, 0.1) is 11.8 Å². The minimum atomic E-state index is -0.508. The molecule has 1 aliphatic carbocycles. The molecule has 0 spiro atoms. The number of benzene rings is 2. The minimum absolute atomic E-state index is 0.0168. The maximum Gasteiger partial charge on any atom is 0.345 e. The van der Waals surface area contributed by atoms with Gasteiger partial charge in [-0.2, -0.15) is 5.06 Å². The second-order valence-electron chi connectivity index (χ2n) is 8.03. The number of piperidine rings is 1. The Bertz CT molecular complexity index is 888. The number of ether oxygens (including phenoxy) is 1. The summed E-state index contributed by atoms with van der Waals surface area (Å²) in [5.41, 5.74) is 1.96. The molecule has 2 heterocycles. The molecule has 4 unspecified atom stereocenters. The number of carbonyl (C=O) groups excluding carboxylic acids is 2. The first-order chi connectivity index (χ1) is 14.2. The van der Waals surface area contributed by atoms with Crippen LogP contribution in [0.5, 0.6) is 0 Å². The van der Waals surface area contributed by atoms with Gasteiger partial charge in [-0.1, -0.05) is 60.7 Å². The molecule has 1 saturated carbocycles. The molecule has 0 radical (unpaired) electrons. The predicted molar refractivity (Wildman–Crippen MR) is 105 cm³/mol. The van der Waals surface area contributed by atoms with Crippen molar-refractivity contribution in [2.24, 2.45) is 11.8 Å². The third kappa shape index (κ3) is 3.27. The number of hydroxylamine groups is 2. The summed E-state index contributed by atoms with van der Waals surface area (Å²) in [7, 11) is 0. The summed E-state index contributed by atoms with van der Waals surface area (Å²) >= 11 is 0. The summed E-state index contributed by atoms with van der Waals surface area (Å²) in [5, 5.41) is 1.51. The van der Waals surface area contributed by atoms with E-state index < -0.39 is 6.04 Å². The fourth-order valence-corrected chi connectivity index (χ4v) is 4.80. The van der Waals surface area contributed by atoms with Crippen molar-refractivity contribution >= 4 is 12.0 Å². The smallest absolute Gasteiger partial charge is 0.345 e. The Hall–Kier alpha value is -2.86. The Kier molecular flexibility index (Phi) is 4.72. The molecule has 2 aromatic rings. The van der Waals surface area contributed by atoms with Gasteiger partial charge in [-0.3, -0.25) is 4.84 Å². The minimum Gasteiger partial charge on any atom is -0.459 e. The molecule has 2 bridgehead atoms. The highest BCUT2D eigenvalue weighted by molar-refractivity contribution is 5.86. The first-order valence-corrected chi connectivity index (χ1v) is 10.2. The van der Waals surface area contributed by atoms with Crippen molar-refractivity contribution in [3.63, 3.8) is 0 Å². The third-order valence-electron chi connectivity index (χ3n) is 6.42. The number of carbonyl (C=O) groups is 2. The van der Waals surface area contributed by atoms with Gasteiger partial charge in [0.2, 0.25) is 0 Å². The van der Waals surface area contributed by atoms with Crippen molar-refractivity contribution in [3.05, 3.63) is 71.8 Å². The lowest BCUT2D eigenvalue weighted by atomic mass is 9.64. The number of urea groups is 1. The van der Waals surface area contributed by atoms with Gasteiger partial charge in [0.25, 0.3) is 0 Å². The van der Waals surface area contributed by atoms with E-state index in [1.165, 1.54) is 5.06 Å². The number of rotatable bonds is 6. The van der Waals surface area contributed by atoms with Crippen molar-refractivity contribution in [3.8, 4) is 0 Å². The third-order valence-corrected chi connectivity index (χ3v) is 6.42. The van der Waals surface area contributed by atoms with E-state index in [1.54, 1.807) is 4.90 Å². The van der Waals surface area contributed by atoms with Crippen molar-refractivity contribution in [1.29, 1.82) is 0 Å². The summed E-state index contributed by atoms with van der Waals surface area (Å²) in [4.78, 5) is 33.5. The van der Waals surface area contributed by atoms with Crippen LogP contribution in [0.2, 0.25) is 0 Å². The van der Waals surface area contributed by atoms with Crippen molar-refractivity contribution in [2.75, 3.05) is 6.54 Å². The Morgan fingerprint density at radius 2 is 1.52 bits per heavy atom. The first-order valence-electron chi connectivity index (χ1n) is 10.2. The van der Waals surface area contributed by atoms with Crippen molar-refractivity contribution in [1.82, 2.24) is 9.96 Å². The van der Waals surface area contributed by atoms with Crippen LogP contribution in [0.25, 0.3) is 0 Å². The number of amides is 2. The molecule has 5 rings (SSSR count). The van der Waals surface area contributed by atoms with E-state index in [0.29, 0.717) is 19.1 Å². The second-order valence-corrected chi connectivity index (χ2v) is 8.03. The van der Waals surface area contributed by atoms with Gasteiger partial charge in [0.15, 0.2) is 0 Å². The van der Waals surface area contributed by atoms with Gasteiger partial charge in [-0.15, -0.1) is 0 Å². The van der Waals surface area contributed by atoms with Crippen LogP contribution in [-0.2, 0) is 27.6 Å². The lowest BCUT2D eigenvalue weighted by molar-refractivity contribution is -0.170. The van der Waals surface area contributed by atoms with Gasteiger partial charge in [-0.05, 0) is 35.8 Å². The summed E-state index contributed by atoms with van der Waals surface area (Å²) in [6.07, 6.45) is 1.96. The number of hydrogen-bond acceptors (Lipinski definition) is 4. The number of nitrogens with zero attached hydrogens (tertiary/aromatic N) is 2. The Morgan fingerprint density at radius 3 is 2.14 bits per heavy atom. The van der Waals surface area contributed by atoms with E-state index in [2.05, 4.69) is 0 Å². The van der Waals surface area contributed by atoms with E-state index in [1.807, 2.05) is 60.7 Å². The quantitative estimate of drug-likeness (QED) is 0.707. The van der Waals surface area contributed by atoms with E-state index in [4.69, 9.17) is 9.57 Å². The average molecular weight is 392 g/mol. The highest BCUT2D eigenvalue weighted by Crippen LogP contribution is 2.49. The SMILES string of the molecule is O=C(OCc1ccccc1)C1C2CCC2C2CN1C(=O)N2OCc1ccccc1. The second kappa shape index (κ2) is 7.52. The van der Waals surface area contributed by atoms with Crippen LogP contribution in [0.15, 0.2) is 60.7 Å². The fourth-order valence-electron chi connectivity index (χ4n) is 4.80. The normalized spacial score (nSPS) is 27.4. The molecule has 6 heteroatoms. The molecule has 29 heavy (non-hydrogen) atoms. The molecular weight excluding hydrogens is 368 g/mol. The van der Waals surface area contributed by atoms with Crippen LogP contribution < -0.4 is 0 Å². The zero-order valence-electron chi connectivity index (χ0n) is 16.1. The average Bonchev–Trinajstić information content (AvgIpc) is 3.01. The van der Waals surface area contributed by atoms with Crippen LogP contribution in [0.3, 0.4) is 0 Å². The van der Waals surface area contributed by atoms with Crippen molar-refractivity contribution in [2.45, 2.75) is 38.1 Å². The summed E-state index contributed by atoms with van der Waals surface area (Å²) in [6.45, 7) is 1.10. The summed E-state index contributed by atoms with van der Waals surface area (Å²) < 4.78 is 5.59. The Labute approximate surface area is 170 Å². The molecule has 4 atom stereocenters. The summed E-state index contributed by atoms with van der Waals surface area (Å²) in [5.74, 6) is 0.148. The predicted octanol–water partition coefficient (Wildman–Crippen LogP) is 3.38. The van der Waals surface area contributed by atoms with E-state index in [9.17, 15) is 9.59 Å². The van der Waals surface area contributed by atoms with Crippen LogP contribution in [0.1, 0.15) is 24.0 Å². The standard InChI is InChI=1S/C23H24N2O4/c26-22(28-14-16-7-3-1-4-8-16)21-19-12-11-18(19)20-13-24(21)23(27)25(20)29-15-17-9-5-2-6-10-17/h1-10,18-21H,11-15H2. The van der Waals surface area contributed by atoms with Gasteiger partial charge in [0, 0.05) is 6.54 Å². The van der Waals surface area contributed by atoms with E-state index >= 15 is 0 Å². The largest absolute Gasteiger partial charge is 0.459 e. The molecule has 0 N–H and O–H groups in total. The number of hydrogen-bond donors (Lipinski definition) is 0. The molecule has 2 saturated heterocycles. The molecule has 3 fully saturated rings. The lowest BCUT2D eigenvalue weighted by Gasteiger charge is -2.48. The molecule has 6 nitrogen and oxygen atoms in total. The zero-order valence-corrected chi connectivity index (χ0v) is 16.1.